The number of carbonyl (C=O) groups is 1. The Kier molecular flexibility index (Phi) is 5.40. The molecular formula is C19H17N5OS. The predicted octanol–water partition coefficient (Wildman–Crippen LogP) is 2.69. The van der Waals surface area contributed by atoms with Crippen LogP contribution in [0.2, 0.25) is 0 Å². The number of anilines is 1. The Labute approximate surface area is 156 Å². The number of hydrogen-bond acceptors (Lipinski definition) is 6. The van der Waals surface area contributed by atoms with Gasteiger partial charge in [0.2, 0.25) is 5.91 Å². The monoisotopic (exact) mass is 363 g/mol. The Morgan fingerprint density at radius 1 is 1.31 bits per heavy atom. The summed E-state index contributed by atoms with van der Waals surface area (Å²) in [5.41, 5.74) is 8.57. The Morgan fingerprint density at radius 3 is 2.85 bits per heavy atom. The highest BCUT2D eigenvalue weighted by Crippen LogP contribution is 2.30. The van der Waals surface area contributed by atoms with Crippen LogP contribution in [0.4, 0.5) is 5.82 Å². The molecule has 1 amide bonds. The van der Waals surface area contributed by atoms with Gasteiger partial charge >= 0.3 is 0 Å². The quantitative estimate of drug-likeness (QED) is 0.807. The maximum absolute atomic E-state index is 12.4. The smallest absolute Gasteiger partial charge is 0.230 e. The number of amides is 1. The summed E-state index contributed by atoms with van der Waals surface area (Å²) in [6.45, 7) is 0. The average Bonchev–Trinajstić information content (AvgIpc) is 2.66. The minimum absolute atomic E-state index is 0.0162. The van der Waals surface area contributed by atoms with E-state index in [0.29, 0.717) is 5.03 Å². The molecule has 0 spiro atoms. The number of aromatic nitrogens is 1. The molecule has 0 saturated heterocycles. The lowest BCUT2D eigenvalue weighted by atomic mass is 9.88. The van der Waals surface area contributed by atoms with Crippen molar-refractivity contribution in [3.8, 4) is 12.1 Å². The van der Waals surface area contributed by atoms with E-state index in [1.165, 1.54) is 17.2 Å². The van der Waals surface area contributed by atoms with E-state index in [1.807, 2.05) is 24.3 Å². The van der Waals surface area contributed by atoms with Gasteiger partial charge in [0.15, 0.2) is 0 Å². The van der Waals surface area contributed by atoms with Gasteiger partial charge in [0, 0.05) is 0 Å². The van der Waals surface area contributed by atoms with Gasteiger partial charge in [-0.15, -0.1) is 0 Å². The average molecular weight is 363 g/mol. The Balaban J connectivity index is 1.67. The second-order valence-electron chi connectivity index (χ2n) is 6.00. The van der Waals surface area contributed by atoms with Crippen LogP contribution in [-0.4, -0.2) is 16.6 Å². The van der Waals surface area contributed by atoms with Crippen LogP contribution in [-0.2, 0) is 11.2 Å². The third-order valence-electron chi connectivity index (χ3n) is 4.30. The van der Waals surface area contributed by atoms with Crippen molar-refractivity contribution in [3.63, 3.8) is 0 Å². The molecule has 130 valence electrons. The fourth-order valence-corrected chi connectivity index (χ4v) is 3.84. The van der Waals surface area contributed by atoms with E-state index in [-0.39, 0.29) is 34.6 Å². The van der Waals surface area contributed by atoms with Crippen LogP contribution in [0.5, 0.6) is 0 Å². The number of nitrogen functional groups attached to an aromatic ring is 1. The van der Waals surface area contributed by atoms with E-state index < -0.39 is 0 Å². The van der Waals surface area contributed by atoms with Crippen LogP contribution in [0.1, 0.15) is 41.1 Å². The third-order valence-corrected chi connectivity index (χ3v) is 5.29. The van der Waals surface area contributed by atoms with E-state index >= 15 is 0 Å². The van der Waals surface area contributed by atoms with Gasteiger partial charge in [0.1, 0.15) is 23.0 Å². The van der Waals surface area contributed by atoms with Crippen LogP contribution >= 0.6 is 11.8 Å². The van der Waals surface area contributed by atoms with Gasteiger partial charge < -0.3 is 11.1 Å². The third kappa shape index (κ3) is 3.79. The molecule has 2 aromatic rings. The summed E-state index contributed by atoms with van der Waals surface area (Å²) in [6, 6.07) is 13.5. The number of hydrogen-bond donors (Lipinski definition) is 2. The Hall–Kier alpha value is -3.03. The van der Waals surface area contributed by atoms with Gasteiger partial charge in [-0.25, -0.2) is 4.98 Å². The molecule has 0 radical (unpaired) electrons. The molecule has 1 aliphatic carbocycles. The number of benzene rings is 1. The zero-order valence-corrected chi connectivity index (χ0v) is 14.8. The van der Waals surface area contributed by atoms with E-state index in [1.54, 1.807) is 0 Å². The molecule has 0 saturated carbocycles. The Bertz CT molecular complexity index is 929. The zero-order valence-electron chi connectivity index (χ0n) is 14.0. The van der Waals surface area contributed by atoms with Crippen LogP contribution in [0.25, 0.3) is 0 Å². The SMILES string of the molecule is N#Cc1cc(C#N)c(SCC(=O)N[C@@H]2CCCc3ccccc32)nc1N. The van der Waals surface area contributed by atoms with E-state index in [0.717, 1.165) is 31.0 Å². The summed E-state index contributed by atoms with van der Waals surface area (Å²) >= 11 is 1.15. The van der Waals surface area contributed by atoms with Crippen LogP contribution in [0.15, 0.2) is 35.4 Å². The van der Waals surface area contributed by atoms with Gasteiger partial charge in [-0.05, 0) is 36.5 Å². The predicted molar refractivity (Wildman–Crippen MR) is 99.1 cm³/mol. The van der Waals surface area contributed by atoms with Crippen molar-refractivity contribution in [2.24, 2.45) is 0 Å². The number of nitrogens with zero attached hydrogens (tertiary/aromatic N) is 3. The highest BCUT2D eigenvalue weighted by Gasteiger charge is 2.21. The molecule has 0 aliphatic heterocycles. The second-order valence-corrected chi connectivity index (χ2v) is 6.96. The number of nitrogens with one attached hydrogen (secondary N) is 1. The van der Waals surface area contributed by atoms with Crippen molar-refractivity contribution in [3.05, 3.63) is 52.6 Å². The van der Waals surface area contributed by atoms with E-state index in [9.17, 15) is 10.1 Å². The maximum atomic E-state index is 12.4. The highest BCUT2D eigenvalue weighted by atomic mass is 32.2. The van der Waals surface area contributed by atoms with Gasteiger partial charge in [-0.1, -0.05) is 36.0 Å². The molecule has 1 aliphatic rings. The number of thioether (sulfide) groups is 1. The summed E-state index contributed by atoms with van der Waals surface area (Å²) in [7, 11) is 0. The molecule has 3 rings (SSSR count). The summed E-state index contributed by atoms with van der Waals surface area (Å²) in [5.74, 6) is 0.0760. The number of nitrogens with two attached hydrogens (primary N) is 1. The molecular weight excluding hydrogens is 346 g/mol. The topological polar surface area (TPSA) is 116 Å². The van der Waals surface area contributed by atoms with Crippen molar-refractivity contribution < 1.29 is 4.79 Å². The minimum atomic E-state index is -0.120. The number of rotatable bonds is 4. The standard InChI is InChI=1S/C19H17N5OS/c20-9-13-8-14(10-21)19(24-18(13)22)26-11-17(25)23-16-7-3-5-12-4-1-2-6-15(12)16/h1-2,4,6,8,16H,3,5,7,11H2,(H2,22,24)(H,23,25)/t16-/m1/s1. The summed E-state index contributed by atoms with van der Waals surface area (Å²) in [4.78, 5) is 16.5. The molecule has 1 heterocycles. The van der Waals surface area contributed by atoms with Gasteiger partial charge in [-0.2, -0.15) is 10.5 Å². The lowest BCUT2D eigenvalue weighted by molar-refractivity contribution is -0.119. The number of fused-ring (bicyclic) bond motifs is 1. The first kappa shape index (κ1) is 17.8. The fraction of sp³-hybridized carbons (Fsp3) is 0.263. The van der Waals surface area contributed by atoms with Gasteiger partial charge in [0.25, 0.3) is 0 Å². The highest BCUT2D eigenvalue weighted by molar-refractivity contribution is 8.00. The van der Waals surface area contributed by atoms with E-state index in [2.05, 4.69) is 22.4 Å². The lowest BCUT2D eigenvalue weighted by Crippen LogP contribution is -2.32. The first-order chi connectivity index (χ1) is 12.6. The number of nitriles is 2. The molecule has 0 fully saturated rings. The molecule has 6 nitrogen and oxygen atoms in total. The molecule has 26 heavy (non-hydrogen) atoms. The summed E-state index contributed by atoms with van der Waals surface area (Å²) in [5, 5.41) is 21.6. The molecule has 1 atom stereocenters. The normalized spacial score (nSPS) is 15.4. The van der Waals surface area contributed by atoms with Crippen molar-refractivity contribution in [2.75, 3.05) is 11.5 Å². The molecule has 0 bridgehead atoms. The van der Waals surface area contributed by atoms with Crippen molar-refractivity contribution in [2.45, 2.75) is 30.3 Å². The molecule has 1 aromatic heterocycles. The zero-order chi connectivity index (χ0) is 18.5. The van der Waals surface area contributed by atoms with Crippen molar-refractivity contribution in [1.82, 2.24) is 10.3 Å². The minimum Gasteiger partial charge on any atom is -0.383 e. The van der Waals surface area contributed by atoms with Gasteiger partial charge in [0.05, 0.1) is 22.9 Å². The molecule has 0 unspecified atom stereocenters. The van der Waals surface area contributed by atoms with Crippen LogP contribution < -0.4 is 11.1 Å². The molecule has 3 N–H and O–H groups in total. The first-order valence-electron chi connectivity index (χ1n) is 8.23. The van der Waals surface area contributed by atoms with E-state index in [4.69, 9.17) is 11.0 Å². The Morgan fingerprint density at radius 2 is 2.08 bits per heavy atom. The largest absolute Gasteiger partial charge is 0.383 e. The lowest BCUT2D eigenvalue weighted by Gasteiger charge is -2.26. The molecule has 1 aromatic carbocycles. The number of aryl methyl sites for hydroxylation is 1. The van der Waals surface area contributed by atoms with Crippen LogP contribution in [0, 0.1) is 22.7 Å². The fourth-order valence-electron chi connectivity index (χ4n) is 3.06. The van der Waals surface area contributed by atoms with Crippen LogP contribution in [0.3, 0.4) is 0 Å². The first-order valence-corrected chi connectivity index (χ1v) is 9.21. The maximum Gasteiger partial charge on any atom is 0.230 e. The van der Waals surface area contributed by atoms with Gasteiger partial charge in [-0.3, -0.25) is 4.79 Å². The second kappa shape index (κ2) is 7.90. The van der Waals surface area contributed by atoms with Crippen molar-refractivity contribution >= 4 is 23.5 Å². The number of pyridine rings is 1. The summed E-state index contributed by atoms with van der Waals surface area (Å²) < 4.78 is 0. The number of carbonyl (C=O) groups excluding carboxylic acids is 1. The summed E-state index contributed by atoms with van der Waals surface area (Å²) in [6.07, 6.45) is 3.00. The van der Waals surface area contributed by atoms with Crippen molar-refractivity contribution in [1.29, 1.82) is 10.5 Å². The molecule has 7 heteroatoms.